The number of amides is 1. The number of carbonyl (C=O) groups excluding carboxylic acids is 1. The van der Waals surface area contributed by atoms with Crippen molar-refractivity contribution in [2.24, 2.45) is 5.73 Å². The van der Waals surface area contributed by atoms with Crippen molar-refractivity contribution < 1.29 is 18.0 Å². The highest BCUT2D eigenvalue weighted by molar-refractivity contribution is 6.06. The molecule has 10 heteroatoms. The minimum Gasteiger partial charge on any atom is -0.366 e. The summed E-state index contributed by atoms with van der Waals surface area (Å²) in [5.41, 5.74) is 6.81. The van der Waals surface area contributed by atoms with E-state index in [4.69, 9.17) is 5.73 Å². The molecular formula is C23H19F3N6O. The Morgan fingerprint density at radius 2 is 1.79 bits per heavy atom. The molecule has 0 unspecified atom stereocenters. The summed E-state index contributed by atoms with van der Waals surface area (Å²) in [6.07, 6.45) is 1.33. The molecule has 0 saturated heterocycles. The standard InChI is InChI=1S/C23H19F3N6O/c1-11-17(24)18(25)23(32-20(11)26)31-14-6-3-5-13(9-14)12(2)30-22-16-8-4-7-15(21(27)33)19(16)28-10-29-22/h3-10,12H,1-2H3,(H2,27,33)(H,31,32)(H,28,29,30)/t12-/m1/s1. The predicted octanol–water partition coefficient (Wildman–Crippen LogP) is 4.77. The molecule has 4 aromatic rings. The molecule has 168 valence electrons. The Hall–Kier alpha value is -4.21. The largest absolute Gasteiger partial charge is 0.366 e. The van der Waals surface area contributed by atoms with Gasteiger partial charge < -0.3 is 16.4 Å². The first kappa shape index (κ1) is 22.0. The van der Waals surface area contributed by atoms with Gasteiger partial charge in [-0.2, -0.15) is 13.8 Å². The molecule has 0 aliphatic carbocycles. The summed E-state index contributed by atoms with van der Waals surface area (Å²) in [5.74, 6) is -4.29. The lowest BCUT2D eigenvalue weighted by Gasteiger charge is -2.18. The fourth-order valence-corrected chi connectivity index (χ4v) is 3.39. The van der Waals surface area contributed by atoms with Crippen molar-refractivity contribution in [2.75, 3.05) is 10.6 Å². The topological polar surface area (TPSA) is 106 Å². The number of aromatic nitrogens is 3. The minimum absolute atomic E-state index is 0.281. The molecule has 0 bridgehead atoms. The van der Waals surface area contributed by atoms with Crippen molar-refractivity contribution in [1.82, 2.24) is 15.0 Å². The summed E-state index contributed by atoms with van der Waals surface area (Å²) in [6, 6.07) is 11.6. The number of anilines is 3. The predicted molar refractivity (Wildman–Crippen MR) is 119 cm³/mol. The maximum Gasteiger partial charge on any atom is 0.250 e. The second kappa shape index (κ2) is 8.73. The fraction of sp³-hybridized carbons (Fsp3) is 0.130. The number of hydrogen-bond acceptors (Lipinski definition) is 6. The molecule has 0 fully saturated rings. The number of primary amides is 1. The summed E-state index contributed by atoms with van der Waals surface area (Å²) < 4.78 is 41.8. The second-order valence-electron chi connectivity index (χ2n) is 7.41. The van der Waals surface area contributed by atoms with E-state index in [-0.39, 0.29) is 11.6 Å². The first-order chi connectivity index (χ1) is 15.8. The molecule has 4 rings (SSSR count). The maximum atomic E-state index is 14.2. The highest BCUT2D eigenvalue weighted by Gasteiger charge is 2.18. The van der Waals surface area contributed by atoms with Crippen LogP contribution in [0.2, 0.25) is 0 Å². The van der Waals surface area contributed by atoms with Gasteiger partial charge in [-0.1, -0.05) is 18.2 Å². The number of nitrogens with two attached hydrogens (primary N) is 1. The molecule has 0 aliphatic heterocycles. The first-order valence-corrected chi connectivity index (χ1v) is 9.94. The third-order valence-corrected chi connectivity index (χ3v) is 5.18. The SMILES string of the molecule is Cc1c(F)nc(Nc2cccc([C@@H](C)Nc3ncnc4c(C(N)=O)cccc34)c2)c(F)c1F. The zero-order valence-corrected chi connectivity index (χ0v) is 17.7. The van der Waals surface area contributed by atoms with Crippen molar-refractivity contribution in [1.29, 1.82) is 0 Å². The van der Waals surface area contributed by atoms with Crippen LogP contribution in [0.3, 0.4) is 0 Å². The average molecular weight is 452 g/mol. The van der Waals surface area contributed by atoms with E-state index >= 15 is 0 Å². The van der Waals surface area contributed by atoms with E-state index < -0.39 is 34.9 Å². The van der Waals surface area contributed by atoms with Crippen LogP contribution in [-0.2, 0) is 0 Å². The highest BCUT2D eigenvalue weighted by Crippen LogP contribution is 2.28. The smallest absolute Gasteiger partial charge is 0.250 e. The number of pyridine rings is 1. The van der Waals surface area contributed by atoms with Crippen molar-refractivity contribution in [3.05, 3.63) is 83.1 Å². The molecule has 0 saturated carbocycles. The molecule has 7 nitrogen and oxygen atoms in total. The summed E-state index contributed by atoms with van der Waals surface area (Å²) in [6.45, 7) is 2.98. The zero-order chi connectivity index (χ0) is 23.7. The van der Waals surface area contributed by atoms with E-state index in [0.717, 1.165) is 12.5 Å². The quantitative estimate of drug-likeness (QED) is 0.364. The van der Waals surface area contributed by atoms with Gasteiger partial charge >= 0.3 is 0 Å². The van der Waals surface area contributed by atoms with Crippen LogP contribution in [0.15, 0.2) is 48.8 Å². The van der Waals surface area contributed by atoms with Crippen molar-refractivity contribution >= 4 is 34.1 Å². The van der Waals surface area contributed by atoms with Crippen LogP contribution in [-0.4, -0.2) is 20.9 Å². The summed E-state index contributed by atoms with van der Waals surface area (Å²) in [5, 5.41) is 6.49. The zero-order valence-electron chi connectivity index (χ0n) is 17.7. The van der Waals surface area contributed by atoms with Gasteiger partial charge in [0, 0.05) is 16.6 Å². The van der Waals surface area contributed by atoms with E-state index in [2.05, 4.69) is 25.6 Å². The molecule has 0 spiro atoms. The molecule has 1 amide bonds. The van der Waals surface area contributed by atoms with Crippen molar-refractivity contribution in [2.45, 2.75) is 19.9 Å². The van der Waals surface area contributed by atoms with Crippen LogP contribution in [0.1, 0.15) is 34.5 Å². The minimum atomic E-state index is -1.29. The lowest BCUT2D eigenvalue weighted by Crippen LogP contribution is -2.13. The molecule has 1 atom stereocenters. The van der Waals surface area contributed by atoms with Crippen LogP contribution in [0, 0.1) is 24.5 Å². The van der Waals surface area contributed by atoms with Crippen LogP contribution in [0.4, 0.5) is 30.5 Å². The lowest BCUT2D eigenvalue weighted by molar-refractivity contribution is 0.100. The van der Waals surface area contributed by atoms with E-state index in [1.807, 2.05) is 13.0 Å². The van der Waals surface area contributed by atoms with Gasteiger partial charge in [0.25, 0.3) is 5.91 Å². The number of rotatable bonds is 6. The number of halogens is 3. The first-order valence-electron chi connectivity index (χ1n) is 9.94. The Balaban J connectivity index is 1.61. The fourth-order valence-electron chi connectivity index (χ4n) is 3.39. The van der Waals surface area contributed by atoms with Gasteiger partial charge in [0.05, 0.1) is 17.1 Å². The molecule has 2 aromatic heterocycles. The summed E-state index contributed by atoms with van der Waals surface area (Å²) >= 11 is 0. The number of carbonyl (C=O) groups is 1. The number of hydrogen-bond donors (Lipinski definition) is 3. The van der Waals surface area contributed by atoms with Gasteiger partial charge in [-0.15, -0.1) is 0 Å². The second-order valence-corrected chi connectivity index (χ2v) is 7.41. The number of fused-ring (bicyclic) bond motifs is 1. The highest BCUT2D eigenvalue weighted by atomic mass is 19.2. The van der Waals surface area contributed by atoms with Crippen LogP contribution in [0.25, 0.3) is 10.9 Å². The van der Waals surface area contributed by atoms with Gasteiger partial charge in [-0.3, -0.25) is 4.79 Å². The molecule has 2 aromatic carbocycles. The molecular weight excluding hydrogens is 433 g/mol. The summed E-state index contributed by atoms with van der Waals surface area (Å²) in [4.78, 5) is 23.6. The lowest BCUT2D eigenvalue weighted by atomic mass is 10.1. The molecule has 0 radical (unpaired) electrons. The monoisotopic (exact) mass is 452 g/mol. The third-order valence-electron chi connectivity index (χ3n) is 5.18. The van der Waals surface area contributed by atoms with Crippen LogP contribution < -0.4 is 16.4 Å². The van der Waals surface area contributed by atoms with E-state index in [1.54, 1.807) is 36.4 Å². The Bertz CT molecular complexity index is 1380. The normalized spacial score (nSPS) is 11.9. The number of nitrogens with zero attached hydrogens (tertiary/aromatic N) is 3. The van der Waals surface area contributed by atoms with Crippen molar-refractivity contribution in [3.63, 3.8) is 0 Å². The van der Waals surface area contributed by atoms with E-state index in [1.165, 1.54) is 6.33 Å². The van der Waals surface area contributed by atoms with Gasteiger partial charge in [0.1, 0.15) is 12.1 Å². The number of benzene rings is 2. The van der Waals surface area contributed by atoms with Gasteiger partial charge in [0.15, 0.2) is 11.6 Å². The maximum absolute atomic E-state index is 14.2. The molecule has 2 heterocycles. The molecule has 4 N–H and O–H groups in total. The Labute approximate surface area is 186 Å². The Morgan fingerprint density at radius 3 is 2.55 bits per heavy atom. The van der Waals surface area contributed by atoms with Gasteiger partial charge in [-0.05, 0) is 43.7 Å². The molecule has 33 heavy (non-hydrogen) atoms. The van der Waals surface area contributed by atoms with Gasteiger partial charge in [0.2, 0.25) is 11.8 Å². The van der Waals surface area contributed by atoms with Crippen LogP contribution in [0.5, 0.6) is 0 Å². The van der Waals surface area contributed by atoms with Crippen molar-refractivity contribution in [3.8, 4) is 0 Å². The van der Waals surface area contributed by atoms with Gasteiger partial charge in [-0.25, -0.2) is 14.4 Å². The Kier molecular flexibility index (Phi) is 5.82. The molecule has 0 aliphatic rings. The van der Waals surface area contributed by atoms with Crippen LogP contribution >= 0.6 is 0 Å². The van der Waals surface area contributed by atoms with E-state index in [9.17, 15) is 18.0 Å². The third kappa shape index (κ3) is 4.27. The summed E-state index contributed by atoms with van der Waals surface area (Å²) in [7, 11) is 0. The average Bonchev–Trinajstić information content (AvgIpc) is 2.81. The Morgan fingerprint density at radius 1 is 1.03 bits per heavy atom. The number of para-hydroxylation sites is 1. The number of nitrogens with one attached hydrogen (secondary N) is 2. The van der Waals surface area contributed by atoms with E-state index in [0.29, 0.717) is 22.4 Å².